The number of benzene rings is 2. The van der Waals surface area contributed by atoms with Crippen molar-refractivity contribution >= 4 is 45.9 Å². The minimum absolute atomic E-state index is 0. The van der Waals surface area contributed by atoms with E-state index in [1.54, 1.807) is 28.4 Å². The van der Waals surface area contributed by atoms with Crippen molar-refractivity contribution in [3.05, 3.63) is 52.0 Å². The fourth-order valence-electron chi connectivity index (χ4n) is 2.46. The lowest BCUT2D eigenvalue weighted by molar-refractivity contribution is 0.354. The Balaban J connectivity index is 0.00000364. The number of nitrogens with zero attached hydrogens (tertiary/aromatic N) is 1. The number of nitrogens with one attached hydrogen (secondary N) is 2. The molecule has 8 heteroatoms. The lowest BCUT2D eigenvalue weighted by atomic mass is 10.2. The monoisotopic (exact) mass is 549 g/mol. The van der Waals surface area contributed by atoms with Crippen LogP contribution in [0.3, 0.4) is 0 Å². The normalized spacial score (nSPS) is 10.6. The maximum Gasteiger partial charge on any atom is 0.191 e. The van der Waals surface area contributed by atoms with E-state index in [0.29, 0.717) is 30.5 Å². The lowest BCUT2D eigenvalue weighted by Crippen LogP contribution is -2.36. The van der Waals surface area contributed by atoms with Gasteiger partial charge in [0.05, 0.1) is 21.3 Å². The highest BCUT2D eigenvalue weighted by atomic mass is 127. The van der Waals surface area contributed by atoms with Gasteiger partial charge in [-0.25, -0.2) is 0 Å². The van der Waals surface area contributed by atoms with Crippen LogP contribution in [0.15, 0.2) is 45.9 Å². The molecule has 0 spiro atoms. The molecule has 2 aromatic rings. The van der Waals surface area contributed by atoms with E-state index < -0.39 is 0 Å². The quantitative estimate of drug-likeness (QED) is 0.311. The van der Waals surface area contributed by atoms with E-state index in [1.807, 2.05) is 36.4 Å². The van der Waals surface area contributed by atoms with Crippen LogP contribution in [0.2, 0.25) is 0 Å². The molecule has 0 saturated carbocycles. The topological polar surface area (TPSA) is 64.1 Å². The van der Waals surface area contributed by atoms with Crippen LogP contribution in [0, 0.1) is 0 Å². The molecule has 2 rings (SSSR count). The highest BCUT2D eigenvalue weighted by molar-refractivity contribution is 14.0. The second kappa shape index (κ2) is 11.9. The Morgan fingerprint density at radius 2 is 1.52 bits per heavy atom. The van der Waals surface area contributed by atoms with Crippen molar-refractivity contribution in [2.45, 2.75) is 13.1 Å². The predicted molar refractivity (Wildman–Crippen MR) is 123 cm³/mol. The smallest absolute Gasteiger partial charge is 0.191 e. The molecule has 0 aliphatic rings. The second-order valence-corrected chi connectivity index (χ2v) is 6.34. The van der Waals surface area contributed by atoms with Crippen LogP contribution >= 0.6 is 39.9 Å². The van der Waals surface area contributed by atoms with Crippen molar-refractivity contribution in [3.63, 3.8) is 0 Å². The van der Waals surface area contributed by atoms with Gasteiger partial charge in [0.1, 0.15) is 5.75 Å². The van der Waals surface area contributed by atoms with Crippen molar-refractivity contribution in [1.82, 2.24) is 10.6 Å². The van der Waals surface area contributed by atoms with E-state index in [1.165, 1.54) is 0 Å². The van der Waals surface area contributed by atoms with Gasteiger partial charge in [0.25, 0.3) is 0 Å². The molecule has 2 N–H and O–H groups in total. The number of rotatable bonds is 7. The third kappa shape index (κ3) is 6.76. The third-order valence-electron chi connectivity index (χ3n) is 3.82. The largest absolute Gasteiger partial charge is 0.496 e. The molecular formula is C19H25BrIN3O3. The lowest BCUT2D eigenvalue weighted by Gasteiger charge is -2.15. The zero-order valence-electron chi connectivity index (χ0n) is 15.8. The van der Waals surface area contributed by atoms with Gasteiger partial charge in [-0.15, -0.1) is 24.0 Å². The minimum Gasteiger partial charge on any atom is -0.496 e. The summed E-state index contributed by atoms with van der Waals surface area (Å²) >= 11 is 3.48. The summed E-state index contributed by atoms with van der Waals surface area (Å²) in [6.45, 7) is 1.20. The Bertz CT molecular complexity index is 772. The molecule has 0 amide bonds. The van der Waals surface area contributed by atoms with Crippen LogP contribution in [-0.2, 0) is 13.1 Å². The minimum atomic E-state index is 0. The Labute approximate surface area is 185 Å². The van der Waals surface area contributed by atoms with Gasteiger partial charge in [-0.1, -0.05) is 22.0 Å². The molecule has 0 atom stereocenters. The van der Waals surface area contributed by atoms with Gasteiger partial charge in [-0.3, -0.25) is 4.99 Å². The average molecular weight is 550 g/mol. The average Bonchev–Trinajstić information content (AvgIpc) is 2.68. The van der Waals surface area contributed by atoms with Crippen LogP contribution in [0.1, 0.15) is 11.1 Å². The van der Waals surface area contributed by atoms with Gasteiger partial charge in [0, 0.05) is 30.2 Å². The first kappa shape index (κ1) is 23.4. The van der Waals surface area contributed by atoms with E-state index >= 15 is 0 Å². The first-order chi connectivity index (χ1) is 12.6. The van der Waals surface area contributed by atoms with Crippen molar-refractivity contribution in [2.24, 2.45) is 4.99 Å². The van der Waals surface area contributed by atoms with Crippen LogP contribution in [0.5, 0.6) is 17.2 Å². The molecule has 2 aromatic carbocycles. The van der Waals surface area contributed by atoms with E-state index in [4.69, 9.17) is 14.2 Å². The van der Waals surface area contributed by atoms with Crippen LogP contribution in [0.4, 0.5) is 0 Å². The van der Waals surface area contributed by atoms with Crippen LogP contribution in [0.25, 0.3) is 0 Å². The molecule has 0 aromatic heterocycles. The summed E-state index contributed by atoms with van der Waals surface area (Å²) < 4.78 is 17.0. The summed E-state index contributed by atoms with van der Waals surface area (Å²) in [7, 11) is 6.65. The van der Waals surface area contributed by atoms with Crippen molar-refractivity contribution in [3.8, 4) is 17.2 Å². The molecule has 148 valence electrons. The number of hydrogen-bond acceptors (Lipinski definition) is 4. The molecule has 0 aliphatic carbocycles. The van der Waals surface area contributed by atoms with Crippen LogP contribution in [-0.4, -0.2) is 34.3 Å². The zero-order chi connectivity index (χ0) is 18.9. The summed E-state index contributed by atoms with van der Waals surface area (Å²) in [5, 5.41) is 6.58. The van der Waals surface area contributed by atoms with Crippen molar-refractivity contribution in [1.29, 1.82) is 0 Å². The number of ether oxygens (including phenoxy) is 3. The van der Waals surface area contributed by atoms with Gasteiger partial charge in [-0.05, 0) is 35.9 Å². The van der Waals surface area contributed by atoms with Crippen molar-refractivity contribution < 1.29 is 14.2 Å². The first-order valence-corrected chi connectivity index (χ1v) is 8.88. The highest BCUT2D eigenvalue weighted by Crippen LogP contribution is 2.27. The fourth-order valence-corrected chi connectivity index (χ4v) is 2.87. The van der Waals surface area contributed by atoms with E-state index in [9.17, 15) is 0 Å². The van der Waals surface area contributed by atoms with E-state index in [2.05, 4.69) is 31.6 Å². The number of guanidine groups is 1. The number of halogens is 2. The molecule has 0 heterocycles. The van der Waals surface area contributed by atoms with E-state index in [0.717, 1.165) is 21.3 Å². The van der Waals surface area contributed by atoms with Gasteiger partial charge in [0.2, 0.25) is 0 Å². The molecule has 0 unspecified atom stereocenters. The second-order valence-electron chi connectivity index (χ2n) is 5.42. The Kier molecular flexibility index (Phi) is 10.3. The number of aliphatic imine (C=N–C) groups is 1. The predicted octanol–water partition coefficient (Wildman–Crippen LogP) is 3.96. The van der Waals surface area contributed by atoms with Gasteiger partial charge in [-0.2, -0.15) is 0 Å². The summed E-state index contributed by atoms with van der Waals surface area (Å²) in [6, 6.07) is 11.7. The van der Waals surface area contributed by atoms with Crippen LogP contribution < -0.4 is 24.8 Å². The first-order valence-electron chi connectivity index (χ1n) is 8.09. The molecule has 0 aliphatic heterocycles. The maximum absolute atomic E-state index is 5.40. The highest BCUT2D eigenvalue weighted by Gasteiger charge is 2.07. The number of hydrogen-bond donors (Lipinski definition) is 2. The Morgan fingerprint density at radius 1 is 0.889 bits per heavy atom. The van der Waals surface area contributed by atoms with E-state index in [-0.39, 0.29) is 24.0 Å². The summed E-state index contributed by atoms with van der Waals surface area (Å²) in [6.07, 6.45) is 0. The fraction of sp³-hybridized carbons (Fsp3) is 0.316. The Hall–Kier alpha value is -1.68. The van der Waals surface area contributed by atoms with Gasteiger partial charge < -0.3 is 24.8 Å². The Morgan fingerprint density at radius 3 is 2.15 bits per heavy atom. The van der Waals surface area contributed by atoms with Gasteiger partial charge in [0.15, 0.2) is 17.5 Å². The summed E-state index contributed by atoms with van der Waals surface area (Å²) in [5.74, 6) is 2.94. The summed E-state index contributed by atoms with van der Waals surface area (Å²) in [4.78, 5) is 4.26. The molecule has 0 bridgehead atoms. The molecule has 0 saturated heterocycles. The molecular weight excluding hydrogens is 525 g/mol. The van der Waals surface area contributed by atoms with Crippen molar-refractivity contribution in [2.75, 3.05) is 28.4 Å². The third-order valence-corrected chi connectivity index (χ3v) is 4.31. The maximum atomic E-state index is 5.40. The summed E-state index contributed by atoms with van der Waals surface area (Å²) in [5.41, 5.74) is 2.10. The standard InChI is InChI=1S/C19H24BrN3O3.HI/c1-21-19(23-12-14-10-15(20)6-8-16(14)24-2)22-11-13-5-7-17(25-3)18(9-13)26-4;/h5-10H,11-12H2,1-4H3,(H2,21,22,23);1H. The molecule has 0 radical (unpaired) electrons. The molecule has 6 nitrogen and oxygen atoms in total. The molecule has 27 heavy (non-hydrogen) atoms. The number of methoxy groups -OCH3 is 3. The SMILES string of the molecule is CN=C(NCc1ccc(OC)c(OC)c1)NCc1cc(Br)ccc1OC.I. The zero-order valence-corrected chi connectivity index (χ0v) is 19.8. The van der Waals surface area contributed by atoms with Gasteiger partial charge >= 0.3 is 0 Å². The molecule has 0 fully saturated rings.